The molecule has 0 radical (unpaired) electrons. The first-order valence-electron chi connectivity index (χ1n) is 5.93. The Hall–Kier alpha value is -2.49. The first-order valence-corrected chi connectivity index (χ1v) is 5.93. The molecule has 0 amide bonds. The van der Waals surface area contributed by atoms with Crippen LogP contribution in [0.3, 0.4) is 0 Å². The van der Waals surface area contributed by atoms with Crippen LogP contribution in [0.5, 0.6) is 0 Å². The van der Waals surface area contributed by atoms with Crippen LogP contribution in [-0.4, -0.2) is 10.2 Å². The summed E-state index contributed by atoms with van der Waals surface area (Å²) in [6, 6.07) is 15.8. The highest BCUT2D eigenvalue weighted by atomic mass is 19.1. The van der Waals surface area contributed by atoms with Crippen molar-refractivity contribution in [3.05, 3.63) is 71.9 Å². The van der Waals surface area contributed by atoms with Crippen LogP contribution in [0.1, 0.15) is 11.5 Å². The molecule has 0 spiro atoms. The summed E-state index contributed by atoms with van der Waals surface area (Å²) >= 11 is 0. The summed E-state index contributed by atoms with van der Waals surface area (Å²) in [5.74, 6) is 0.766. The van der Waals surface area contributed by atoms with Gasteiger partial charge in [-0.2, -0.15) is 0 Å². The Kier molecular flexibility index (Phi) is 3.06. The first kappa shape index (κ1) is 11.6. The molecule has 0 N–H and O–H groups in total. The highest BCUT2D eigenvalue weighted by Crippen LogP contribution is 2.18. The number of benzene rings is 2. The van der Waals surface area contributed by atoms with Crippen LogP contribution in [0.15, 0.2) is 59.0 Å². The minimum absolute atomic E-state index is 0.251. The predicted octanol–water partition coefficient (Wildman–Crippen LogP) is 3.47. The Morgan fingerprint density at radius 2 is 1.63 bits per heavy atom. The van der Waals surface area contributed by atoms with Gasteiger partial charge >= 0.3 is 0 Å². The summed E-state index contributed by atoms with van der Waals surface area (Å²) in [6.07, 6.45) is 0.500. The lowest BCUT2D eigenvalue weighted by molar-refractivity contribution is 0.518. The molecule has 94 valence electrons. The quantitative estimate of drug-likeness (QED) is 0.718. The third-order valence-electron chi connectivity index (χ3n) is 2.76. The highest BCUT2D eigenvalue weighted by molar-refractivity contribution is 5.51. The van der Waals surface area contributed by atoms with Crippen molar-refractivity contribution in [3.63, 3.8) is 0 Å². The summed E-state index contributed by atoms with van der Waals surface area (Å²) in [6.45, 7) is 0. The molecule has 3 aromatic rings. The van der Waals surface area contributed by atoms with Crippen LogP contribution in [0.4, 0.5) is 4.39 Å². The van der Waals surface area contributed by atoms with Crippen LogP contribution in [0.25, 0.3) is 11.5 Å². The maximum atomic E-state index is 12.8. The van der Waals surface area contributed by atoms with Gasteiger partial charge in [0.2, 0.25) is 11.8 Å². The molecule has 19 heavy (non-hydrogen) atoms. The molecule has 1 aromatic heterocycles. The van der Waals surface area contributed by atoms with Crippen molar-refractivity contribution < 1.29 is 8.81 Å². The van der Waals surface area contributed by atoms with E-state index in [0.717, 1.165) is 11.1 Å². The summed E-state index contributed by atoms with van der Waals surface area (Å²) < 4.78 is 18.4. The van der Waals surface area contributed by atoms with Crippen LogP contribution < -0.4 is 0 Å². The molecule has 3 rings (SSSR count). The number of hydrogen-bond donors (Lipinski definition) is 0. The number of halogens is 1. The van der Waals surface area contributed by atoms with Gasteiger partial charge in [0.1, 0.15) is 5.82 Å². The van der Waals surface area contributed by atoms with Gasteiger partial charge in [-0.15, -0.1) is 10.2 Å². The molecule has 0 saturated heterocycles. The molecule has 0 aliphatic rings. The summed E-state index contributed by atoms with van der Waals surface area (Å²) in [7, 11) is 0. The van der Waals surface area contributed by atoms with Crippen molar-refractivity contribution in [3.8, 4) is 11.5 Å². The maximum absolute atomic E-state index is 12.8. The molecule has 0 unspecified atom stereocenters. The zero-order valence-electron chi connectivity index (χ0n) is 10.1. The largest absolute Gasteiger partial charge is 0.420 e. The van der Waals surface area contributed by atoms with Gasteiger partial charge in [-0.25, -0.2) is 4.39 Å². The van der Waals surface area contributed by atoms with Gasteiger partial charge in [0, 0.05) is 5.56 Å². The van der Waals surface area contributed by atoms with E-state index in [1.54, 1.807) is 12.1 Å². The van der Waals surface area contributed by atoms with Gasteiger partial charge in [0.25, 0.3) is 0 Å². The van der Waals surface area contributed by atoms with E-state index in [9.17, 15) is 4.39 Å². The van der Waals surface area contributed by atoms with Gasteiger partial charge < -0.3 is 4.42 Å². The second-order valence-corrected chi connectivity index (χ2v) is 4.17. The normalized spacial score (nSPS) is 10.6. The van der Waals surface area contributed by atoms with E-state index in [4.69, 9.17) is 4.42 Å². The zero-order chi connectivity index (χ0) is 13.1. The lowest BCUT2D eigenvalue weighted by Crippen LogP contribution is -1.88. The van der Waals surface area contributed by atoms with Crippen LogP contribution in [0.2, 0.25) is 0 Å². The van der Waals surface area contributed by atoms with Gasteiger partial charge in [-0.1, -0.05) is 30.3 Å². The Morgan fingerprint density at radius 1 is 0.895 bits per heavy atom. The molecule has 0 aliphatic heterocycles. The average molecular weight is 254 g/mol. The number of hydrogen-bond acceptors (Lipinski definition) is 3. The number of aromatic nitrogens is 2. The Morgan fingerprint density at radius 3 is 2.37 bits per heavy atom. The van der Waals surface area contributed by atoms with E-state index in [-0.39, 0.29) is 5.82 Å². The van der Waals surface area contributed by atoms with Crippen LogP contribution in [-0.2, 0) is 6.42 Å². The van der Waals surface area contributed by atoms with E-state index in [1.807, 2.05) is 30.3 Å². The van der Waals surface area contributed by atoms with E-state index in [2.05, 4.69) is 10.2 Å². The second kappa shape index (κ2) is 5.02. The van der Waals surface area contributed by atoms with Gasteiger partial charge in [0.15, 0.2) is 0 Å². The van der Waals surface area contributed by atoms with Crippen LogP contribution >= 0.6 is 0 Å². The van der Waals surface area contributed by atoms with Crippen molar-refractivity contribution in [2.75, 3.05) is 0 Å². The fraction of sp³-hybridized carbons (Fsp3) is 0.0667. The van der Waals surface area contributed by atoms with Crippen LogP contribution in [0, 0.1) is 5.82 Å². The Balaban J connectivity index is 1.80. The molecule has 4 heteroatoms. The summed E-state index contributed by atoms with van der Waals surface area (Å²) in [4.78, 5) is 0. The SMILES string of the molecule is Fc1ccc(Cc2nnc(-c3ccccc3)o2)cc1. The summed E-state index contributed by atoms with van der Waals surface area (Å²) in [5, 5.41) is 8.01. The van der Waals surface area contributed by atoms with Gasteiger partial charge in [-0.3, -0.25) is 0 Å². The number of nitrogens with zero attached hydrogens (tertiary/aromatic N) is 2. The molecule has 2 aromatic carbocycles. The second-order valence-electron chi connectivity index (χ2n) is 4.17. The fourth-order valence-electron chi connectivity index (χ4n) is 1.80. The van der Waals surface area contributed by atoms with Crippen molar-refractivity contribution in [2.24, 2.45) is 0 Å². The Labute approximate surface area is 109 Å². The van der Waals surface area contributed by atoms with E-state index < -0.39 is 0 Å². The van der Waals surface area contributed by atoms with E-state index in [1.165, 1.54) is 12.1 Å². The molecular weight excluding hydrogens is 243 g/mol. The molecule has 0 saturated carbocycles. The van der Waals surface area contributed by atoms with Crippen molar-refractivity contribution in [1.82, 2.24) is 10.2 Å². The standard InChI is InChI=1S/C15H11FN2O/c16-13-8-6-11(7-9-13)10-14-17-18-15(19-14)12-4-2-1-3-5-12/h1-9H,10H2. The first-order chi connectivity index (χ1) is 9.31. The summed E-state index contributed by atoms with van der Waals surface area (Å²) in [5.41, 5.74) is 1.82. The predicted molar refractivity (Wildman–Crippen MR) is 68.9 cm³/mol. The van der Waals surface area contributed by atoms with E-state index >= 15 is 0 Å². The zero-order valence-corrected chi connectivity index (χ0v) is 10.1. The van der Waals surface area contributed by atoms with Gasteiger partial charge in [-0.05, 0) is 29.8 Å². The third kappa shape index (κ3) is 2.68. The molecule has 3 nitrogen and oxygen atoms in total. The van der Waals surface area contributed by atoms with Crippen molar-refractivity contribution in [2.45, 2.75) is 6.42 Å². The highest BCUT2D eigenvalue weighted by Gasteiger charge is 2.08. The van der Waals surface area contributed by atoms with Crippen molar-refractivity contribution >= 4 is 0 Å². The fourth-order valence-corrected chi connectivity index (χ4v) is 1.80. The molecular formula is C15H11FN2O. The number of rotatable bonds is 3. The third-order valence-corrected chi connectivity index (χ3v) is 2.76. The van der Waals surface area contributed by atoms with Gasteiger partial charge in [0.05, 0.1) is 6.42 Å². The maximum Gasteiger partial charge on any atom is 0.247 e. The molecule has 0 bridgehead atoms. The lowest BCUT2D eigenvalue weighted by atomic mass is 10.1. The smallest absolute Gasteiger partial charge is 0.247 e. The minimum atomic E-state index is -0.251. The molecule has 0 atom stereocenters. The topological polar surface area (TPSA) is 38.9 Å². The van der Waals surface area contributed by atoms with Crippen molar-refractivity contribution in [1.29, 1.82) is 0 Å². The average Bonchev–Trinajstić information content (AvgIpc) is 2.91. The monoisotopic (exact) mass is 254 g/mol. The molecule has 1 heterocycles. The van der Waals surface area contributed by atoms with E-state index in [0.29, 0.717) is 18.2 Å². The Bertz CT molecular complexity index is 662. The molecule has 0 aliphatic carbocycles. The minimum Gasteiger partial charge on any atom is -0.420 e. The molecule has 0 fully saturated rings. The lowest BCUT2D eigenvalue weighted by Gasteiger charge is -1.96.